The van der Waals surface area contributed by atoms with Gasteiger partial charge in [-0.3, -0.25) is 0 Å². The van der Waals surface area contributed by atoms with E-state index in [1.54, 1.807) is 16.6 Å². The van der Waals surface area contributed by atoms with E-state index in [-0.39, 0.29) is 0 Å². The van der Waals surface area contributed by atoms with Gasteiger partial charge < -0.3 is 0 Å². The Morgan fingerprint density at radius 1 is 0.929 bits per heavy atom. The summed E-state index contributed by atoms with van der Waals surface area (Å²) < 4.78 is 1.97. The second-order valence-electron chi connectivity index (χ2n) is 6.37. The summed E-state index contributed by atoms with van der Waals surface area (Å²) in [6.07, 6.45) is 2.85. The van der Waals surface area contributed by atoms with Crippen molar-refractivity contribution in [3.63, 3.8) is 0 Å². The fourth-order valence-electron chi connectivity index (χ4n) is 2.90. The molecule has 0 saturated heterocycles. The topological polar surface area (TPSA) is 61.4 Å². The van der Waals surface area contributed by atoms with Crippen molar-refractivity contribution in [3.8, 4) is 17.1 Å². The van der Waals surface area contributed by atoms with E-state index >= 15 is 0 Å². The van der Waals surface area contributed by atoms with E-state index in [1.807, 2.05) is 23.9 Å². The van der Waals surface area contributed by atoms with Crippen LogP contribution in [-0.2, 0) is 18.7 Å². The highest BCUT2D eigenvalue weighted by Crippen LogP contribution is 2.33. The smallest absolute Gasteiger partial charge is 0.209 e. The third kappa shape index (κ3) is 3.84. The van der Waals surface area contributed by atoms with E-state index in [0.717, 1.165) is 28.5 Å². The van der Waals surface area contributed by atoms with Gasteiger partial charge in [-0.2, -0.15) is 9.90 Å². The Morgan fingerprint density at radius 3 is 2.39 bits per heavy atom. The van der Waals surface area contributed by atoms with Gasteiger partial charge in [0.1, 0.15) is 5.03 Å². The van der Waals surface area contributed by atoms with E-state index in [0.29, 0.717) is 12.4 Å². The summed E-state index contributed by atoms with van der Waals surface area (Å²) in [5, 5.41) is 18.5. The van der Waals surface area contributed by atoms with Crippen molar-refractivity contribution in [2.45, 2.75) is 37.6 Å². The maximum atomic E-state index is 4.64. The number of benzene rings is 2. The number of nitrogens with zero attached hydrogens (tertiary/aromatic N) is 6. The molecule has 0 atom stereocenters. The first-order valence-electron chi connectivity index (χ1n) is 9.40. The van der Waals surface area contributed by atoms with Gasteiger partial charge in [-0.05, 0) is 41.8 Å². The van der Waals surface area contributed by atoms with Crippen LogP contribution in [0.15, 0.2) is 65.8 Å². The second kappa shape index (κ2) is 8.39. The Balaban J connectivity index is 1.72. The van der Waals surface area contributed by atoms with Crippen molar-refractivity contribution < 1.29 is 0 Å². The van der Waals surface area contributed by atoms with Crippen LogP contribution in [0.25, 0.3) is 17.1 Å². The molecule has 0 amide bonds. The van der Waals surface area contributed by atoms with E-state index in [4.69, 9.17) is 0 Å². The van der Waals surface area contributed by atoms with Crippen molar-refractivity contribution >= 4 is 11.8 Å². The minimum atomic E-state index is 0.605. The average Bonchev–Trinajstić information content (AvgIpc) is 3.39. The minimum Gasteiger partial charge on any atom is -0.226 e. The number of aromatic nitrogens is 6. The lowest BCUT2D eigenvalue weighted by molar-refractivity contribution is 0.552. The number of thioether (sulfide) groups is 1. The third-order valence-electron chi connectivity index (χ3n) is 4.51. The lowest BCUT2D eigenvalue weighted by Gasteiger charge is -2.09. The molecule has 0 aliphatic heterocycles. The molecule has 0 spiro atoms. The van der Waals surface area contributed by atoms with Crippen molar-refractivity contribution in [3.05, 3.63) is 71.9 Å². The van der Waals surface area contributed by atoms with Gasteiger partial charge in [-0.25, -0.2) is 4.68 Å². The molecule has 0 unspecified atom stereocenters. The van der Waals surface area contributed by atoms with Crippen molar-refractivity contribution in [1.29, 1.82) is 0 Å². The first kappa shape index (κ1) is 18.4. The highest BCUT2D eigenvalue weighted by atomic mass is 32.2. The summed E-state index contributed by atoms with van der Waals surface area (Å²) in [6, 6.07) is 18.9. The summed E-state index contributed by atoms with van der Waals surface area (Å²) >= 11 is 1.73. The van der Waals surface area contributed by atoms with Crippen LogP contribution >= 0.6 is 11.8 Å². The molecule has 2 aromatic heterocycles. The molecule has 4 rings (SSSR count). The molecular formula is C21H22N6S. The van der Waals surface area contributed by atoms with Gasteiger partial charge in [-0.15, -0.1) is 22.0 Å². The molecule has 28 heavy (non-hydrogen) atoms. The van der Waals surface area contributed by atoms with Crippen molar-refractivity contribution in [2.24, 2.45) is 0 Å². The molecular weight excluding hydrogens is 368 g/mol. The van der Waals surface area contributed by atoms with E-state index in [1.165, 1.54) is 11.1 Å². The molecule has 0 bridgehead atoms. The van der Waals surface area contributed by atoms with Gasteiger partial charge in [0, 0.05) is 5.75 Å². The highest BCUT2D eigenvalue weighted by molar-refractivity contribution is 7.98. The Morgan fingerprint density at radius 2 is 1.71 bits per heavy atom. The van der Waals surface area contributed by atoms with Crippen LogP contribution in [0.5, 0.6) is 0 Å². The van der Waals surface area contributed by atoms with Gasteiger partial charge in [0.25, 0.3) is 0 Å². The first-order chi connectivity index (χ1) is 13.8. The minimum absolute atomic E-state index is 0.605. The second-order valence-corrected chi connectivity index (χ2v) is 7.34. The number of rotatable bonds is 7. The molecule has 142 valence electrons. The third-order valence-corrected chi connectivity index (χ3v) is 5.65. The molecule has 0 aliphatic rings. The van der Waals surface area contributed by atoms with E-state index < -0.39 is 0 Å². The molecule has 2 heterocycles. The van der Waals surface area contributed by atoms with Gasteiger partial charge in [0.05, 0.1) is 24.0 Å². The van der Waals surface area contributed by atoms with Gasteiger partial charge in [0.2, 0.25) is 5.82 Å². The largest absolute Gasteiger partial charge is 0.226 e. The maximum absolute atomic E-state index is 4.64. The average molecular weight is 391 g/mol. The molecule has 7 heteroatoms. The molecule has 4 aromatic rings. The SMILES string of the molecule is CCc1ccc(-n2ncc(-c3nnn(CC)n3)c2SCc2ccccc2)cc1. The quantitative estimate of drug-likeness (QED) is 0.438. The molecule has 0 fully saturated rings. The Kier molecular flexibility index (Phi) is 5.53. The van der Waals surface area contributed by atoms with E-state index in [9.17, 15) is 0 Å². The predicted molar refractivity (Wildman–Crippen MR) is 111 cm³/mol. The van der Waals surface area contributed by atoms with Crippen LogP contribution < -0.4 is 0 Å². The number of tetrazole rings is 1. The van der Waals surface area contributed by atoms with Crippen molar-refractivity contribution in [1.82, 2.24) is 30.0 Å². The van der Waals surface area contributed by atoms with Crippen LogP contribution in [-0.4, -0.2) is 30.0 Å². The number of hydrogen-bond donors (Lipinski definition) is 0. The molecule has 0 aliphatic carbocycles. The Bertz CT molecular complexity index is 1040. The van der Waals surface area contributed by atoms with Crippen LogP contribution in [0, 0.1) is 0 Å². The van der Waals surface area contributed by atoms with Crippen LogP contribution in [0.3, 0.4) is 0 Å². The fourth-order valence-corrected chi connectivity index (χ4v) is 3.97. The molecule has 0 radical (unpaired) electrons. The van der Waals surface area contributed by atoms with Gasteiger partial charge in [0.15, 0.2) is 0 Å². The van der Waals surface area contributed by atoms with Gasteiger partial charge in [-0.1, -0.05) is 49.4 Å². The molecule has 0 saturated carbocycles. The van der Waals surface area contributed by atoms with E-state index in [2.05, 4.69) is 76.0 Å². The maximum Gasteiger partial charge on any atom is 0.209 e. The summed E-state index contributed by atoms with van der Waals surface area (Å²) in [7, 11) is 0. The van der Waals surface area contributed by atoms with Crippen LogP contribution in [0.1, 0.15) is 25.0 Å². The zero-order chi connectivity index (χ0) is 19.3. The summed E-state index contributed by atoms with van der Waals surface area (Å²) in [4.78, 5) is 1.59. The lowest BCUT2D eigenvalue weighted by atomic mass is 10.1. The molecule has 2 aromatic carbocycles. The zero-order valence-electron chi connectivity index (χ0n) is 16.0. The zero-order valence-corrected chi connectivity index (χ0v) is 16.8. The van der Waals surface area contributed by atoms with Crippen molar-refractivity contribution in [2.75, 3.05) is 0 Å². The number of hydrogen-bond acceptors (Lipinski definition) is 5. The van der Waals surface area contributed by atoms with Gasteiger partial charge >= 0.3 is 0 Å². The summed E-state index contributed by atoms with van der Waals surface area (Å²) in [5.41, 5.74) is 4.50. The lowest BCUT2D eigenvalue weighted by Crippen LogP contribution is -2.00. The van der Waals surface area contributed by atoms with Crippen LogP contribution in [0.2, 0.25) is 0 Å². The molecule has 0 N–H and O–H groups in total. The molecule has 6 nitrogen and oxygen atoms in total. The Hall–Kier alpha value is -2.93. The standard InChI is InChI=1S/C21H22N6S/c1-3-16-10-12-18(13-11-16)27-21(28-15-17-8-6-5-7-9-17)19(14-22-27)20-23-25-26(4-2)24-20/h5-14H,3-4,15H2,1-2H3. The summed E-state index contributed by atoms with van der Waals surface area (Å²) in [5.74, 6) is 1.45. The predicted octanol–water partition coefficient (Wildman–Crippen LogP) is 4.40. The Labute approximate surface area is 168 Å². The highest BCUT2D eigenvalue weighted by Gasteiger charge is 2.18. The normalized spacial score (nSPS) is 11.1. The number of aryl methyl sites for hydroxylation is 2. The summed E-state index contributed by atoms with van der Waals surface area (Å²) in [6.45, 7) is 4.84. The fraction of sp³-hybridized carbons (Fsp3) is 0.238. The monoisotopic (exact) mass is 390 g/mol. The van der Waals surface area contributed by atoms with Crippen LogP contribution in [0.4, 0.5) is 0 Å². The first-order valence-corrected chi connectivity index (χ1v) is 10.4.